The van der Waals surface area contributed by atoms with Crippen LogP contribution in [0.15, 0.2) is 89.8 Å². The van der Waals surface area contributed by atoms with Crippen molar-refractivity contribution in [2.75, 3.05) is 28.6 Å². The van der Waals surface area contributed by atoms with Crippen molar-refractivity contribution in [3.8, 4) is 5.75 Å². The van der Waals surface area contributed by atoms with Crippen LogP contribution in [0.5, 0.6) is 5.75 Å². The molecule has 9 heteroatoms. The van der Waals surface area contributed by atoms with Crippen molar-refractivity contribution >= 4 is 49.7 Å². The second-order valence-corrected chi connectivity index (χ2v) is 9.78. The van der Waals surface area contributed by atoms with Gasteiger partial charge in [0.1, 0.15) is 12.3 Å². The molecular formula is C26H21N3O5S. The second-order valence-electron chi connectivity index (χ2n) is 7.95. The lowest BCUT2D eigenvalue weighted by Gasteiger charge is -2.18. The first-order valence-corrected chi connectivity index (χ1v) is 12.2. The first kappa shape index (κ1) is 22.4. The van der Waals surface area contributed by atoms with Crippen LogP contribution in [0, 0.1) is 0 Å². The summed E-state index contributed by atoms with van der Waals surface area (Å²) in [4.78, 5) is 25.4. The van der Waals surface area contributed by atoms with Crippen molar-refractivity contribution < 1.29 is 22.7 Å². The van der Waals surface area contributed by atoms with E-state index in [2.05, 4.69) is 10.6 Å². The lowest BCUT2D eigenvalue weighted by molar-refractivity contribution is -0.114. The number of benzene rings is 4. The topological polar surface area (TPSA) is 105 Å². The average molecular weight is 488 g/mol. The highest BCUT2D eigenvalue weighted by Gasteiger charge is 2.36. The molecule has 5 rings (SSSR count). The Bertz CT molecular complexity index is 1540. The van der Waals surface area contributed by atoms with Crippen LogP contribution in [0.4, 0.5) is 17.1 Å². The number of hydrogen-bond acceptors (Lipinski definition) is 5. The molecule has 0 aromatic heterocycles. The van der Waals surface area contributed by atoms with Crippen LogP contribution in [-0.4, -0.2) is 33.9 Å². The Hall–Kier alpha value is -4.37. The molecule has 0 aliphatic carbocycles. The summed E-state index contributed by atoms with van der Waals surface area (Å²) >= 11 is 0. The van der Waals surface area contributed by atoms with Crippen LogP contribution in [0.1, 0.15) is 10.4 Å². The molecule has 1 aliphatic heterocycles. The monoisotopic (exact) mass is 487 g/mol. The van der Waals surface area contributed by atoms with E-state index in [4.69, 9.17) is 4.74 Å². The van der Waals surface area contributed by atoms with Crippen molar-refractivity contribution in [2.24, 2.45) is 0 Å². The molecule has 35 heavy (non-hydrogen) atoms. The van der Waals surface area contributed by atoms with E-state index in [1.165, 1.54) is 0 Å². The fourth-order valence-electron chi connectivity index (χ4n) is 4.04. The van der Waals surface area contributed by atoms with E-state index in [-0.39, 0.29) is 17.3 Å². The summed E-state index contributed by atoms with van der Waals surface area (Å²) < 4.78 is 32.3. The third kappa shape index (κ3) is 4.17. The van der Waals surface area contributed by atoms with Gasteiger partial charge in [0, 0.05) is 22.3 Å². The second kappa shape index (κ2) is 8.77. The Morgan fingerprint density at radius 1 is 0.829 bits per heavy atom. The number of anilines is 3. The van der Waals surface area contributed by atoms with E-state index in [0.29, 0.717) is 33.8 Å². The summed E-state index contributed by atoms with van der Waals surface area (Å²) in [7, 11) is -2.26. The van der Waals surface area contributed by atoms with Gasteiger partial charge in [-0.05, 0) is 66.0 Å². The Morgan fingerprint density at radius 3 is 2.14 bits per heavy atom. The molecule has 2 N–H and O–H groups in total. The van der Waals surface area contributed by atoms with Crippen LogP contribution in [0.25, 0.3) is 10.8 Å². The minimum Gasteiger partial charge on any atom is -0.497 e. The fourth-order valence-corrected chi connectivity index (χ4v) is 5.71. The zero-order chi connectivity index (χ0) is 24.6. The van der Waals surface area contributed by atoms with Gasteiger partial charge in [-0.3, -0.25) is 13.9 Å². The molecular weight excluding hydrogens is 466 g/mol. The van der Waals surface area contributed by atoms with Gasteiger partial charge < -0.3 is 15.4 Å². The number of carbonyl (C=O) groups excluding carboxylic acids is 2. The van der Waals surface area contributed by atoms with Crippen LogP contribution >= 0.6 is 0 Å². The van der Waals surface area contributed by atoms with Gasteiger partial charge in [0.25, 0.3) is 15.9 Å². The Labute approximate surface area is 202 Å². The predicted octanol–water partition coefficient (Wildman–Crippen LogP) is 4.25. The molecule has 1 heterocycles. The molecule has 0 saturated heterocycles. The molecule has 0 bridgehead atoms. The quantitative estimate of drug-likeness (QED) is 0.423. The molecule has 4 aromatic carbocycles. The van der Waals surface area contributed by atoms with Crippen molar-refractivity contribution in [3.63, 3.8) is 0 Å². The third-order valence-electron chi connectivity index (χ3n) is 5.75. The molecule has 8 nitrogen and oxygen atoms in total. The molecule has 0 spiro atoms. The summed E-state index contributed by atoms with van der Waals surface area (Å²) in [5.41, 5.74) is 1.96. The van der Waals surface area contributed by atoms with Gasteiger partial charge in [-0.15, -0.1) is 0 Å². The standard InChI is InChI=1S/C26H21N3O5S/c1-34-21-14-12-20(13-15-21)28-26(31)18-8-10-19(11-9-18)27-24(30)16-29-22-6-2-4-17-5-3-7-23(25(17)22)35(29,32)33/h2-15H,16H2,1H3,(H,27,30)(H,28,31). The fraction of sp³-hybridized carbons (Fsp3) is 0.0769. The number of amides is 2. The molecule has 0 atom stereocenters. The van der Waals surface area contributed by atoms with E-state index in [1.54, 1.807) is 79.9 Å². The van der Waals surface area contributed by atoms with Gasteiger partial charge in [-0.1, -0.05) is 24.3 Å². The maximum absolute atomic E-state index is 13.1. The number of methoxy groups -OCH3 is 1. The Kier molecular flexibility index (Phi) is 5.62. The molecule has 4 aromatic rings. The van der Waals surface area contributed by atoms with Gasteiger partial charge >= 0.3 is 0 Å². The summed E-state index contributed by atoms with van der Waals surface area (Å²) in [6.07, 6.45) is 0. The minimum atomic E-state index is -3.83. The van der Waals surface area contributed by atoms with Gasteiger partial charge in [0.15, 0.2) is 0 Å². The third-order valence-corrected chi connectivity index (χ3v) is 7.55. The molecule has 0 saturated carbocycles. The lowest BCUT2D eigenvalue weighted by atomic mass is 10.1. The van der Waals surface area contributed by atoms with Gasteiger partial charge in [0.05, 0.1) is 17.7 Å². The lowest BCUT2D eigenvalue weighted by Crippen LogP contribution is -2.35. The molecule has 0 unspecified atom stereocenters. The molecule has 0 radical (unpaired) electrons. The Balaban J connectivity index is 1.26. The average Bonchev–Trinajstić information content (AvgIpc) is 3.08. The number of sulfonamides is 1. The molecule has 1 aliphatic rings. The number of carbonyl (C=O) groups is 2. The van der Waals surface area contributed by atoms with Crippen molar-refractivity contribution in [1.29, 1.82) is 0 Å². The maximum atomic E-state index is 13.1. The van der Waals surface area contributed by atoms with Crippen LogP contribution in [0.2, 0.25) is 0 Å². The summed E-state index contributed by atoms with van der Waals surface area (Å²) in [5.74, 6) is -0.110. The summed E-state index contributed by atoms with van der Waals surface area (Å²) in [6.45, 7) is -0.365. The highest BCUT2D eigenvalue weighted by Crippen LogP contribution is 2.41. The molecule has 2 amide bonds. The highest BCUT2D eigenvalue weighted by atomic mass is 32.2. The van der Waals surface area contributed by atoms with E-state index in [0.717, 1.165) is 9.69 Å². The van der Waals surface area contributed by atoms with Gasteiger partial charge in [0.2, 0.25) is 5.91 Å². The maximum Gasteiger partial charge on any atom is 0.265 e. The Morgan fingerprint density at radius 2 is 1.46 bits per heavy atom. The van der Waals surface area contributed by atoms with E-state index in [1.807, 2.05) is 12.1 Å². The van der Waals surface area contributed by atoms with Crippen molar-refractivity contribution in [3.05, 3.63) is 90.5 Å². The van der Waals surface area contributed by atoms with Crippen LogP contribution in [0.3, 0.4) is 0 Å². The largest absolute Gasteiger partial charge is 0.497 e. The van der Waals surface area contributed by atoms with E-state index >= 15 is 0 Å². The van der Waals surface area contributed by atoms with Gasteiger partial charge in [-0.25, -0.2) is 8.42 Å². The number of ether oxygens (including phenoxy) is 1. The highest BCUT2D eigenvalue weighted by molar-refractivity contribution is 7.93. The minimum absolute atomic E-state index is 0.200. The van der Waals surface area contributed by atoms with Crippen molar-refractivity contribution in [2.45, 2.75) is 4.90 Å². The SMILES string of the molecule is COc1ccc(NC(=O)c2ccc(NC(=O)CN3c4cccc5cccc(c45)S3(=O)=O)cc2)cc1. The molecule has 176 valence electrons. The molecule has 0 fully saturated rings. The van der Waals surface area contributed by atoms with E-state index in [9.17, 15) is 18.0 Å². The zero-order valence-corrected chi connectivity index (χ0v) is 19.5. The van der Waals surface area contributed by atoms with Crippen molar-refractivity contribution in [1.82, 2.24) is 0 Å². The number of nitrogens with one attached hydrogen (secondary N) is 2. The first-order chi connectivity index (χ1) is 16.9. The normalized spacial score (nSPS) is 13.5. The van der Waals surface area contributed by atoms with Gasteiger partial charge in [-0.2, -0.15) is 0 Å². The summed E-state index contributed by atoms with van der Waals surface area (Å²) in [5, 5.41) is 6.91. The van der Waals surface area contributed by atoms with E-state index < -0.39 is 15.9 Å². The zero-order valence-electron chi connectivity index (χ0n) is 18.7. The number of hydrogen-bond donors (Lipinski definition) is 2. The predicted molar refractivity (Wildman–Crippen MR) is 134 cm³/mol. The smallest absolute Gasteiger partial charge is 0.265 e. The first-order valence-electron chi connectivity index (χ1n) is 10.8. The summed E-state index contributed by atoms with van der Waals surface area (Å²) in [6, 6.07) is 23.7. The van der Waals surface area contributed by atoms with Crippen LogP contribution in [-0.2, 0) is 14.8 Å². The number of nitrogens with zero attached hydrogens (tertiary/aromatic N) is 1. The van der Waals surface area contributed by atoms with Crippen LogP contribution < -0.4 is 19.7 Å². The number of rotatable bonds is 6.